The van der Waals surface area contributed by atoms with Crippen LogP contribution in [-0.2, 0) is 4.79 Å². The summed E-state index contributed by atoms with van der Waals surface area (Å²) >= 11 is 13.4. The van der Waals surface area contributed by atoms with E-state index in [4.69, 9.17) is 23.2 Å². The first-order chi connectivity index (χ1) is 11.8. The number of rotatable bonds is 3. The minimum Gasteiger partial charge on any atom is -0.481 e. The van der Waals surface area contributed by atoms with Crippen molar-refractivity contribution in [3.05, 3.63) is 39.3 Å². The molecule has 0 radical (unpaired) electrons. The van der Waals surface area contributed by atoms with Crippen LogP contribution in [-0.4, -0.2) is 40.0 Å². The summed E-state index contributed by atoms with van der Waals surface area (Å²) in [5.41, 5.74) is 1.02. The quantitative estimate of drug-likeness (QED) is 0.836. The molecule has 8 heteroatoms. The van der Waals surface area contributed by atoms with Gasteiger partial charge in [-0.2, -0.15) is 0 Å². The molecule has 2 unspecified atom stereocenters. The first-order valence-corrected chi connectivity index (χ1v) is 9.41. The Morgan fingerprint density at radius 1 is 1.32 bits per heavy atom. The molecule has 0 bridgehead atoms. The molecule has 5 nitrogen and oxygen atoms in total. The highest BCUT2D eigenvalue weighted by Crippen LogP contribution is 2.33. The fourth-order valence-corrected chi connectivity index (χ4v) is 4.40. The van der Waals surface area contributed by atoms with Crippen LogP contribution in [0.15, 0.2) is 23.6 Å². The van der Waals surface area contributed by atoms with E-state index in [0.717, 1.165) is 0 Å². The number of benzene rings is 1. The molecule has 1 aliphatic rings. The molecule has 3 rings (SSSR count). The van der Waals surface area contributed by atoms with Crippen LogP contribution in [0.5, 0.6) is 0 Å². The minimum absolute atomic E-state index is 0.141. The third-order valence-corrected chi connectivity index (χ3v) is 5.60. The number of hydrogen-bond acceptors (Lipinski definition) is 4. The number of carbonyl (C=O) groups excluding carboxylic acids is 1. The van der Waals surface area contributed by atoms with Gasteiger partial charge in [-0.15, -0.1) is 11.3 Å². The first-order valence-electron chi connectivity index (χ1n) is 7.78. The normalized spacial score (nSPS) is 20.5. The number of aromatic nitrogens is 1. The Morgan fingerprint density at radius 2 is 2.08 bits per heavy atom. The maximum atomic E-state index is 12.7. The predicted octanol–water partition coefficient (Wildman–Crippen LogP) is 4.30. The zero-order valence-corrected chi connectivity index (χ0v) is 15.7. The molecule has 2 atom stereocenters. The Balaban J connectivity index is 1.82. The van der Waals surface area contributed by atoms with Gasteiger partial charge in [0.1, 0.15) is 10.7 Å². The molecule has 1 aromatic heterocycles. The molecule has 0 spiro atoms. The molecule has 1 saturated heterocycles. The lowest BCUT2D eigenvalue weighted by atomic mass is 9.90. The second-order valence-corrected chi connectivity index (χ2v) is 7.95. The summed E-state index contributed by atoms with van der Waals surface area (Å²) in [4.78, 5) is 30.0. The number of nitrogens with zero attached hydrogens (tertiary/aromatic N) is 2. The smallest absolute Gasteiger partial charge is 0.308 e. The van der Waals surface area contributed by atoms with Gasteiger partial charge in [0.05, 0.1) is 10.9 Å². The number of thiazole rings is 1. The lowest BCUT2D eigenvalue weighted by Crippen LogP contribution is -2.45. The van der Waals surface area contributed by atoms with Crippen LogP contribution >= 0.6 is 34.5 Å². The maximum Gasteiger partial charge on any atom is 0.308 e. The highest BCUT2D eigenvalue weighted by molar-refractivity contribution is 7.13. The number of amides is 1. The molecule has 132 valence electrons. The molecule has 1 fully saturated rings. The van der Waals surface area contributed by atoms with E-state index in [-0.39, 0.29) is 18.4 Å². The third kappa shape index (κ3) is 3.97. The van der Waals surface area contributed by atoms with E-state index in [0.29, 0.717) is 39.3 Å². The van der Waals surface area contributed by atoms with Gasteiger partial charge >= 0.3 is 5.97 Å². The number of aliphatic carboxylic acids is 1. The molecule has 1 aromatic carbocycles. The van der Waals surface area contributed by atoms with E-state index in [1.54, 1.807) is 28.5 Å². The summed E-state index contributed by atoms with van der Waals surface area (Å²) in [6.45, 7) is 2.71. The van der Waals surface area contributed by atoms with Crippen LogP contribution in [0, 0.1) is 11.8 Å². The second-order valence-electron chi connectivity index (χ2n) is 6.25. The number of halogens is 2. The van der Waals surface area contributed by atoms with Crippen molar-refractivity contribution in [3.8, 4) is 10.6 Å². The molecule has 25 heavy (non-hydrogen) atoms. The van der Waals surface area contributed by atoms with Crippen LogP contribution in [0.25, 0.3) is 10.6 Å². The highest BCUT2D eigenvalue weighted by atomic mass is 35.5. The van der Waals surface area contributed by atoms with E-state index < -0.39 is 11.9 Å². The summed E-state index contributed by atoms with van der Waals surface area (Å²) in [5, 5.41) is 12.6. The third-order valence-electron chi connectivity index (χ3n) is 4.18. The zero-order chi connectivity index (χ0) is 18.1. The lowest BCUT2D eigenvalue weighted by molar-refractivity contribution is -0.143. The Labute approximate surface area is 159 Å². The monoisotopic (exact) mass is 398 g/mol. The molecule has 0 saturated carbocycles. The minimum atomic E-state index is -0.865. The van der Waals surface area contributed by atoms with Gasteiger partial charge in [-0.3, -0.25) is 9.59 Å². The molecule has 2 aromatic rings. The summed E-state index contributed by atoms with van der Waals surface area (Å²) in [6, 6.07) is 5.11. The Morgan fingerprint density at radius 3 is 2.76 bits per heavy atom. The van der Waals surface area contributed by atoms with Crippen molar-refractivity contribution in [2.75, 3.05) is 13.1 Å². The van der Waals surface area contributed by atoms with Crippen molar-refractivity contribution in [1.82, 2.24) is 9.88 Å². The van der Waals surface area contributed by atoms with Crippen molar-refractivity contribution < 1.29 is 14.7 Å². The molecule has 1 N–H and O–H groups in total. The number of carbonyl (C=O) groups is 2. The molecular weight excluding hydrogens is 383 g/mol. The Bertz CT molecular complexity index is 824. The Kier molecular flexibility index (Phi) is 5.32. The highest BCUT2D eigenvalue weighted by Gasteiger charge is 2.33. The summed E-state index contributed by atoms with van der Waals surface area (Å²) in [5.74, 6) is -1.50. The van der Waals surface area contributed by atoms with Crippen molar-refractivity contribution in [3.63, 3.8) is 0 Å². The van der Waals surface area contributed by atoms with Gasteiger partial charge in [0.2, 0.25) is 0 Å². The largest absolute Gasteiger partial charge is 0.481 e. The standard InChI is InChI=1S/C17H16Cl2N2O3S/c1-9-4-10(17(23)24)7-21(6-9)16(22)14-8-25-15(20-14)12-3-2-11(18)5-13(12)19/h2-3,5,8-10H,4,6-7H2,1H3,(H,23,24). The van der Waals surface area contributed by atoms with Gasteiger partial charge in [-0.1, -0.05) is 30.1 Å². The summed E-state index contributed by atoms with van der Waals surface area (Å²) in [7, 11) is 0. The van der Waals surface area contributed by atoms with Crippen molar-refractivity contribution in [2.24, 2.45) is 11.8 Å². The summed E-state index contributed by atoms with van der Waals surface area (Å²) < 4.78 is 0. The topological polar surface area (TPSA) is 70.5 Å². The van der Waals surface area contributed by atoms with Gasteiger partial charge in [-0.05, 0) is 30.5 Å². The number of carboxylic acid groups (broad SMARTS) is 1. The van der Waals surface area contributed by atoms with Crippen molar-refractivity contribution >= 4 is 46.4 Å². The second kappa shape index (κ2) is 7.32. The lowest BCUT2D eigenvalue weighted by Gasteiger charge is -2.34. The van der Waals surface area contributed by atoms with Gasteiger partial charge in [0.25, 0.3) is 5.91 Å². The van der Waals surface area contributed by atoms with Crippen LogP contribution in [0.4, 0.5) is 0 Å². The maximum absolute atomic E-state index is 12.7. The SMILES string of the molecule is CC1CC(C(=O)O)CN(C(=O)c2csc(-c3ccc(Cl)cc3Cl)n2)C1. The predicted molar refractivity (Wildman–Crippen MR) is 98.4 cm³/mol. The molecule has 0 aliphatic carbocycles. The van der Waals surface area contributed by atoms with Crippen LogP contribution in [0.3, 0.4) is 0 Å². The van der Waals surface area contributed by atoms with E-state index >= 15 is 0 Å². The molecule has 2 heterocycles. The van der Waals surface area contributed by atoms with Crippen LogP contribution in [0.2, 0.25) is 10.0 Å². The first kappa shape index (κ1) is 18.2. The number of likely N-dealkylation sites (tertiary alicyclic amines) is 1. The average Bonchev–Trinajstić information content (AvgIpc) is 3.03. The van der Waals surface area contributed by atoms with Gasteiger partial charge < -0.3 is 10.0 Å². The van der Waals surface area contributed by atoms with Crippen LogP contribution in [0.1, 0.15) is 23.8 Å². The number of hydrogen-bond donors (Lipinski definition) is 1. The average molecular weight is 399 g/mol. The van der Waals surface area contributed by atoms with E-state index in [1.165, 1.54) is 11.3 Å². The van der Waals surface area contributed by atoms with Gasteiger partial charge in [-0.25, -0.2) is 4.98 Å². The summed E-state index contributed by atoms with van der Waals surface area (Å²) in [6.07, 6.45) is 0.585. The van der Waals surface area contributed by atoms with Gasteiger partial charge in [0, 0.05) is 29.1 Å². The van der Waals surface area contributed by atoms with E-state index in [2.05, 4.69) is 4.98 Å². The van der Waals surface area contributed by atoms with Crippen molar-refractivity contribution in [2.45, 2.75) is 13.3 Å². The van der Waals surface area contributed by atoms with Gasteiger partial charge in [0.15, 0.2) is 0 Å². The molecule has 1 amide bonds. The van der Waals surface area contributed by atoms with E-state index in [9.17, 15) is 14.7 Å². The van der Waals surface area contributed by atoms with Crippen LogP contribution < -0.4 is 0 Å². The zero-order valence-electron chi connectivity index (χ0n) is 13.4. The van der Waals surface area contributed by atoms with E-state index in [1.807, 2.05) is 6.92 Å². The number of carboxylic acids is 1. The van der Waals surface area contributed by atoms with Crippen molar-refractivity contribution in [1.29, 1.82) is 0 Å². The fourth-order valence-electron chi connectivity index (χ4n) is 3.02. The molecular formula is C17H16Cl2N2O3S. The molecule has 1 aliphatic heterocycles. The number of piperidine rings is 1. The fraction of sp³-hybridized carbons (Fsp3) is 0.353. The Hall–Kier alpha value is -1.63.